The van der Waals surface area contributed by atoms with Crippen LogP contribution in [0.1, 0.15) is 12.5 Å². The molecule has 0 radical (unpaired) electrons. The molecule has 0 amide bonds. The van der Waals surface area contributed by atoms with Gasteiger partial charge in [-0.2, -0.15) is 0 Å². The Morgan fingerprint density at radius 1 is 0.645 bits per heavy atom. The largest absolute Gasteiger partial charge is 0.315 e. The molecule has 0 fully saturated rings. The van der Waals surface area contributed by atoms with Crippen LogP contribution >= 0.6 is 0 Å². The lowest BCUT2D eigenvalue weighted by Crippen LogP contribution is -2.41. The summed E-state index contributed by atoms with van der Waals surface area (Å²) in [5.74, 6) is 0. The molecule has 0 N–H and O–H groups in total. The van der Waals surface area contributed by atoms with Crippen LogP contribution in [-0.2, 0) is 12.1 Å². The van der Waals surface area contributed by atoms with Crippen LogP contribution in [0.4, 0.5) is 0 Å². The molecule has 6 aromatic rings. The fourth-order valence-corrected chi connectivity index (χ4v) is 4.90. The lowest BCUT2D eigenvalue weighted by atomic mass is 10.00. The Bertz CT molecular complexity index is 1470. The van der Waals surface area contributed by atoms with Crippen LogP contribution in [0.25, 0.3) is 32.8 Å². The summed E-state index contributed by atoms with van der Waals surface area (Å²) < 4.78 is 4.53. The van der Waals surface area contributed by atoms with E-state index in [9.17, 15) is 0 Å². The number of para-hydroxylation sites is 3. The van der Waals surface area contributed by atoms with Crippen molar-refractivity contribution >= 4 is 32.8 Å². The molecule has 0 aliphatic carbocycles. The van der Waals surface area contributed by atoms with Crippen molar-refractivity contribution in [1.82, 2.24) is 19.6 Å². The number of hydrogen-bond acceptors (Lipinski definition) is 2. The van der Waals surface area contributed by atoms with E-state index in [0.717, 1.165) is 17.5 Å². The van der Waals surface area contributed by atoms with Crippen LogP contribution < -0.4 is 0 Å². The monoisotopic (exact) mass is 402 g/mol. The molecule has 0 bridgehead atoms. The highest BCUT2D eigenvalue weighted by Crippen LogP contribution is 2.37. The lowest BCUT2D eigenvalue weighted by Gasteiger charge is -2.34. The van der Waals surface area contributed by atoms with Gasteiger partial charge in [-0.15, -0.1) is 5.10 Å². The van der Waals surface area contributed by atoms with E-state index < -0.39 is 5.66 Å². The van der Waals surface area contributed by atoms with Gasteiger partial charge < -0.3 is 4.57 Å². The molecule has 31 heavy (non-hydrogen) atoms. The van der Waals surface area contributed by atoms with E-state index in [2.05, 4.69) is 117 Å². The van der Waals surface area contributed by atoms with Crippen LogP contribution in [0, 0.1) is 0 Å². The van der Waals surface area contributed by atoms with E-state index >= 15 is 0 Å². The number of rotatable bonds is 4. The number of aromatic nitrogens is 4. The van der Waals surface area contributed by atoms with Crippen molar-refractivity contribution in [2.75, 3.05) is 0 Å². The summed E-state index contributed by atoms with van der Waals surface area (Å²) in [5, 5.41) is 11.7. The summed E-state index contributed by atoms with van der Waals surface area (Å²) in [6.45, 7) is 2.26. The minimum Gasteiger partial charge on any atom is -0.315 e. The third kappa shape index (κ3) is 2.68. The van der Waals surface area contributed by atoms with Gasteiger partial charge >= 0.3 is 0 Å². The predicted molar refractivity (Wildman–Crippen MR) is 126 cm³/mol. The molecule has 4 heteroatoms. The Hall–Kier alpha value is -3.92. The molecule has 4 aromatic carbocycles. The summed E-state index contributed by atoms with van der Waals surface area (Å²) in [7, 11) is 0. The Morgan fingerprint density at radius 2 is 1.19 bits per heavy atom. The average Bonchev–Trinajstić information content (AvgIpc) is 3.40. The second-order valence-corrected chi connectivity index (χ2v) is 8.24. The number of fused-ring (bicyclic) bond motifs is 4. The van der Waals surface area contributed by atoms with Crippen LogP contribution in [-0.4, -0.2) is 19.6 Å². The molecule has 0 aliphatic heterocycles. The van der Waals surface area contributed by atoms with Crippen molar-refractivity contribution in [2.24, 2.45) is 0 Å². The molecule has 2 heterocycles. The normalized spacial score (nSPS) is 13.7. The molecule has 2 aromatic heterocycles. The van der Waals surface area contributed by atoms with Gasteiger partial charge in [-0.25, -0.2) is 4.68 Å². The van der Waals surface area contributed by atoms with Crippen molar-refractivity contribution in [3.8, 4) is 0 Å². The fourth-order valence-electron chi connectivity index (χ4n) is 4.90. The van der Waals surface area contributed by atoms with Crippen LogP contribution in [0.5, 0.6) is 0 Å². The maximum absolute atomic E-state index is 4.68. The van der Waals surface area contributed by atoms with Gasteiger partial charge in [0, 0.05) is 17.2 Å². The molecule has 6 rings (SSSR count). The summed E-state index contributed by atoms with van der Waals surface area (Å²) in [6, 6.07) is 36.1. The highest BCUT2D eigenvalue weighted by atomic mass is 15.5. The van der Waals surface area contributed by atoms with E-state index in [1.54, 1.807) is 0 Å². The van der Waals surface area contributed by atoms with Gasteiger partial charge in [-0.3, -0.25) is 0 Å². The minimum absolute atomic E-state index is 0.500. The van der Waals surface area contributed by atoms with Gasteiger partial charge in [0.25, 0.3) is 0 Å². The van der Waals surface area contributed by atoms with Crippen LogP contribution in [0.3, 0.4) is 0 Å². The van der Waals surface area contributed by atoms with E-state index in [-0.39, 0.29) is 0 Å². The molecule has 1 unspecified atom stereocenters. The third-order valence-corrected chi connectivity index (χ3v) is 6.25. The van der Waals surface area contributed by atoms with E-state index in [0.29, 0.717) is 0 Å². The highest BCUT2D eigenvalue weighted by Gasteiger charge is 2.34. The van der Waals surface area contributed by atoms with Crippen molar-refractivity contribution in [2.45, 2.75) is 19.0 Å². The van der Waals surface area contributed by atoms with Crippen molar-refractivity contribution in [3.63, 3.8) is 0 Å². The van der Waals surface area contributed by atoms with Crippen LogP contribution in [0.15, 0.2) is 103 Å². The first-order chi connectivity index (χ1) is 15.3. The van der Waals surface area contributed by atoms with Crippen molar-refractivity contribution in [3.05, 3.63) is 109 Å². The van der Waals surface area contributed by atoms with Gasteiger partial charge in [-0.1, -0.05) is 84.1 Å². The van der Waals surface area contributed by atoms with E-state index in [1.807, 2.05) is 12.1 Å². The molecular formula is C27H22N4. The Balaban J connectivity index is 1.73. The standard InChI is InChI=1S/C27H22N4/c1-27(19-20-11-3-2-4-12-20,31-26-18-10-7-15-23(26)28-29-31)30-24-16-8-5-13-21(24)22-14-6-9-17-25(22)30/h2-18H,19H2,1H3. The van der Waals surface area contributed by atoms with Gasteiger partial charge in [0.15, 0.2) is 0 Å². The molecule has 0 spiro atoms. The number of hydrogen-bond donors (Lipinski definition) is 0. The zero-order chi connectivity index (χ0) is 20.8. The average molecular weight is 403 g/mol. The minimum atomic E-state index is -0.500. The molecule has 4 nitrogen and oxygen atoms in total. The highest BCUT2D eigenvalue weighted by molar-refractivity contribution is 6.08. The van der Waals surface area contributed by atoms with Crippen molar-refractivity contribution in [1.29, 1.82) is 0 Å². The second-order valence-electron chi connectivity index (χ2n) is 8.24. The van der Waals surface area contributed by atoms with E-state index in [4.69, 9.17) is 0 Å². The summed E-state index contributed by atoms with van der Waals surface area (Å²) in [6.07, 6.45) is 0.782. The molecule has 150 valence electrons. The number of nitrogens with zero attached hydrogens (tertiary/aromatic N) is 4. The van der Waals surface area contributed by atoms with Gasteiger partial charge in [0.2, 0.25) is 0 Å². The lowest BCUT2D eigenvalue weighted by molar-refractivity contribution is 0.248. The molecule has 1 atom stereocenters. The zero-order valence-electron chi connectivity index (χ0n) is 17.3. The second kappa shape index (κ2) is 6.81. The van der Waals surface area contributed by atoms with E-state index in [1.165, 1.54) is 27.4 Å². The summed E-state index contributed by atoms with van der Waals surface area (Å²) in [5.41, 5.74) is 5.08. The first kappa shape index (κ1) is 17.9. The molecule has 0 saturated carbocycles. The maximum Gasteiger partial charge on any atom is 0.141 e. The predicted octanol–water partition coefficient (Wildman–Crippen LogP) is 6.00. The Labute approximate surface area is 180 Å². The molecule has 0 aliphatic rings. The van der Waals surface area contributed by atoms with Gasteiger partial charge in [-0.05, 0) is 36.8 Å². The Morgan fingerprint density at radius 3 is 1.87 bits per heavy atom. The topological polar surface area (TPSA) is 35.6 Å². The van der Waals surface area contributed by atoms with Gasteiger partial charge in [0.05, 0.1) is 16.6 Å². The zero-order valence-corrected chi connectivity index (χ0v) is 17.3. The Kier molecular flexibility index (Phi) is 3.93. The quantitative estimate of drug-likeness (QED) is 0.362. The summed E-state index contributed by atoms with van der Waals surface area (Å²) >= 11 is 0. The first-order valence-electron chi connectivity index (χ1n) is 10.6. The smallest absolute Gasteiger partial charge is 0.141 e. The maximum atomic E-state index is 4.68. The fraction of sp³-hybridized carbons (Fsp3) is 0.111. The third-order valence-electron chi connectivity index (χ3n) is 6.25. The van der Waals surface area contributed by atoms with Gasteiger partial charge in [0.1, 0.15) is 11.2 Å². The molecular weight excluding hydrogens is 380 g/mol. The summed E-state index contributed by atoms with van der Waals surface area (Å²) in [4.78, 5) is 0. The van der Waals surface area contributed by atoms with Crippen LogP contribution in [0.2, 0.25) is 0 Å². The number of benzene rings is 4. The SMILES string of the molecule is CC(Cc1ccccc1)(n1nnc2ccccc21)n1c2ccccc2c2ccccc21. The first-order valence-corrected chi connectivity index (χ1v) is 10.6. The molecule has 0 saturated heterocycles. The van der Waals surface area contributed by atoms with Crippen molar-refractivity contribution < 1.29 is 0 Å².